The molecule has 1 saturated heterocycles. The maximum atomic E-state index is 12.8. The Hall–Kier alpha value is -3.77. The molecule has 1 aliphatic rings. The van der Waals surface area contributed by atoms with Gasteiger partial charge >= 0.3 is 5.97 Å². The number of methoxy groups -OCH3 is 1. The smallest absolute Gasteiger partial charge is 0.337 e. The first-order valence-electron chi connectivity index (χ1n) is 10.9. The minimum Gasteiger partial charge on any atom is -0.506 e. The van der Waals surface area contributed by atoms with Gasteiger partial charge in [0.2, 0.25) is 5.91 Å². The zero-order valence-corrected chi connectivity index (χ0v) is 20.9. The molecule has 0 unspecified atom stereocenters. The maximum Gasteiger partial charge on any atom is 0.337 e. The Balaban J connectivity index is 1.45. The van der Waals surface area contributed by atoms with E-state index in [1.807, 2.05) is 0 Å². The molecule has 2 amide bonds. The number of nitro benzene ring substituents is 1. The molecule has 3 rings (SSSR count). The normalized spacial score (nSPS) is 14.2. The monoisotopic (exact) mass is 529 g/mol. The average Bonchev–Trinajstić information content (AvgIpc) is 3.12. The summed E-state index contributed by atoms with van der Waals surface area (Å²) in [6, 6.07) is 10.1. The highest BCUT2D eigenvalue weighted by Crippen LogP contribution is 2.33. The van der Waals surface area contributed by atoms with E-state index in [1.165, 1.54) is 23.8 Å². The molecule has 188 valence electrons. The number of rotatable bonds is 10. The molecule has 1 heterocycles. The van der Waals surface area contributed by atoms with Crippen molar-refractivity contribution in [3.63, 3.8) is 0 Å². The van der Waals surface area contributed by atoms with Gasteiger partial charge in [0.05, 0.1) is 28.2 Å². The average molecular weight is 530 g/mol. The molecular weight excluding hydrogens is 506 g/mol. The summed E-state index contributed by atoms with van der Waals surface area (Å²) in [5.74, 6) is -1.26. The molecule has 0 bridgehead atoms. The lowest BCUT2D eigenvalue weighted by Gasteiger charge is -2.14. The number of anilines is 1. The number of esters is 1. The van der Waals surface area contributed by atoms with Gasteiger partial charge in [-0.15, -0.1) is 0 Å². The number of amides is 2. The molecule has 12 heteroatoms. The zero-order valence-electron chi connectivity index (χ0n) is 19.3. The number of ether oxygens (including phenoxy) is 1. The minimum absolute atomic E-state index is 0.0153. The van der Waals surface area contributed by atoms with Gasteiger partial charge in [-0.2, -0.15) is 0 Å². The standard InChI is InChI=1S/C24H23N3O7S2/c1-34-23(31)16-8-6-15(7-9-16)13-20-22(30)26(24(35)36-20)12-4-2-3-5-21(29)25-18-14-17(27(32)33)10-11-19(18)28/h6-11,13-14,28H,2-5,12H2,1H3,(H,25,29). The van der Waals surface area contributed by atoms with Crippen LogP contribution in [0.5, 0.6) is 5.75 Å². The van der Waals surface area contributed by atoms with Crippen LogP contribution >= 0.6 is 24.0 Å². The highest BCUT2D eigenvalue weighted by atomic mass is 32.2. The van der Waals surface area contributed by atoms with Crippen molar-refractivity contribution in [1.82, 2.24) is 4.90 Å². The fourth-order valence-corrected chi connectivity index (χ4v) is 4.67. The van der Waals surface area contributed by atoms with E-state index in [2.05, 4.69) is 10.1 Å². The highest BCUT2D eigenvalue weighted by molar-refractivity contribution is 8.26. The first-order chi connectivity index (χ1) is 17.2. The van der Waals surface area contributed by atoms with Crippen LogP contribution in [0.2, 0.25) is 0 Å². The molecule has 0 radical (unpaired) electrons. The van der Waals surface area contributed by atoms with Crippen LogP contribution in [0, 0.1) is 10.1 Å². The van der Waals surface area contributed by atoms with Crippen molar-refractivity contribution in [2.24, 2.45) is 0 Å². The molecule has 2 aromatic carbocycles. The number of phenolic OH excluding ortho intramolecular Hbond substituents is 1. The predicted octanol–water partition coefficient (Wildman–Crippen LogP) is 4.49. The van der Waals surface area contributed by atoms with Gasteiger partial charge in [-0.1, -0.05) is 42.5 Å². The molecule has 1 fully saturated rings. The van der Waals surface area contributed by atoms with E-state index in [9.17, 15) is 29.6 Å². The van der Waals surface area contributed by atoms with Gasteiger partial charge < -0.3 is 15.2 Å². The summed E-state index contributed by atoms with van der Waals surface area (Å²) in [7, 11) is 1.31. The Morgan fingerprint density at radius 2 is 1.92 bits per heavy atom. The van der Waals surface area contributed by atoms with E-state index in [0.29, 0.717) is 40.6 Å². The third kappa shape index (κ3) is 6.89. The third-order valence-corrected chi connectivity index (χ3v) is 6.63. The Morgan fingerprint density at radius 1 is 1.19 bits per heavy atom. The molecule has 10 nitrogen and oxygen atoms in total. The molecule has 2 aromatic rings. The Morgan fingerprint density at radius 3 is 2.58 bits per heavy atom. The number of hydrogen-bond donors (Lipinski definition) is 2. The van der Waals surface area contributed by atoms with Gasteiger partial charge in [-0.3, -0.25) is 24.6 Å². The van der Waals surface area contributed by atoms with Crippen LogP contribution < -0.4 is 5.32 Å². The molecule has 0 aliphatic carbocycles. The van der Waals surface area contributed by atoms with Crippen LogP contribution in [-0.2, 0) is 14.3 Å². The summed E-state index contributed by atoms with van der Waals surface area (Å²) in [4.78, 5) is 48.7. The van der Waals surface area contributed by atoms with Gasteiger partial charge in [-0.25, -0.2) is 4.79 Å². The van der Waals surface area contributed by atoms with Crippen molar-refractivity contribution in [2.75, 3.05) is 19.0 Å². The number of unbranched alkanes of at least 4 members (excludes halogenated alkanes) is 2. The number of phenols is 1. The molecule has 0 aromatic heterocycles. The van der Waals surface area contributed by atoms with Crippen LogP contribution in [0.15, 0.2) is 47.4 Å². The number of carbonyl (C=O) groups excluding carboxylic acids is 3. The molecular formula is C24H23N3O7S2. The van der Waals surface area contributed by atoms with Crippen LogP contribution in [0.3, 0.4) is 0 Å². The quantitative estimate of drug-likeness (QED) is 0.0867. The van der Waals surface area contributed by atoms with Crippen molar-refractivity contribution in [1.29, 1.82) is 0 Å². The number of nitrogens with zero attached hydrogens (tertiary/aromatic N) is 2. The lowest BCUT2D eigenvalue weighted by atomic mass is 10.1. The third-order valence-electron chi connectivity index (χ3n) is 5.25. The first-order valence-corrected chi connectivity index (χ1v) is 12.1. The molecule has 0 atom stereocenters. The number of carbonyl (C=O) groups is 3. The second-order valence-electron chi connectivity index (χ2n) is 7.76. The minimum atomic E-state index is -0.612. The van der Waals surface area contributed by atoms with Gasteiger partial charge in [0.15, 0.2) is 0 Å². The molecule has 2 N–H and O–H groups in total. The topological polar surface area (TPSA) is 139 Å². The van der Waals surface area contributed by atoms with Crippen molar-refractivity contribution >= 4 is 63.5 Å². The number of non-ortho nitro benzene ring substituents is 1. The van der Waals surface area contributed by atoms with E-state index in [-0.39, 0.29) is 35.4 Å². The maximum absolute atomic E-state index is 12.8. The summed E-state index contributed by atoms with van der Waals surface area (Å²) < 4.78 is 5.13. The van der Waals surface area contributed by atoms with E-state index in [1.54, 1.807) is 30.3 Å². The highest BCUT2D eigenvalue weighted by Gasteiger charge is 2.31. The number of thioether (sulfide) groups is 1. The van der Waals surface area contributed by atoms with E-state index < -0.39 is 10.9 Å². The van der Waals surface area contributed by atoms with Crippen LogP contribution in [0.1, 0.15) is 41.6 Å². The second-order valence-corrected chi connectivity index (χ2v) is 9.44. The number of nitro groups is 1. The summed E-state index contributed by atoms with van der Waals surface area (Å²) in [6.07, 6.45) is 3.68. The Bertz CT molecular complexity index is 1230. The summed E-state index contributed by atoms with van der Waals surface area (Å²) >= 11 is 6.55. The van der Waals surface area contributed by atoms with Gasteiger partial charge in [0.25, 0.3) is 11.6 Å². The number of benzene rings is 2. The van der Waals surface area contributed by atoms with E-state index >= 15 is 0 Å². The number of nitrogens with one attached hydrogen (secondary N) is 1. The fourth-order valence-electron chi connectivity index (χ4n) is 3.36. The lowest BCUT2D eigenvalue weighted by Crippen LogP contribution is -2.29. The van der Waals surface area contributed by atoms with Crippen molar-refractivity contribution in [2.45, 2.75) is 25.7 Å². The van der Waals surface area contributed by atoms with Crippen molar-refractivity contribution in [3.05, 3.63) is 68.6 Å². The second kappa shape index (κ2) is 12.3. The Labute approximate surface area is 216 Å². The summed E-state index contributed by atoms with van der Waals surface area (Å²) in [5, 5.41) is 23.1. The number of aromatic hydroxyl groups is 1. The zero-order chi connectivity index (χ0) is 26.2. The van der Waals surface area contributed by atoms with E-state index in [4.69, 9.17) is 12.2 Å². The fraction of sp³-hybridized carbons (Fsp3) is 0.250. The largest absolute Gasteiger partial charge is 0.506 e. The number of thiocarbonyl (C=S) groups is 1. The first kappa shape index (κ1) is 26.8. The van der Waals surface area contributed by atoms with Crippen molar-refractivity contribution < 1.29 is 29.2 Å². The molecule has 36 heavy (non-hydrogen) atoms. The lowest BCUT2D eigenvalue weighted by molar-refractivity contribution is -0.384. The van der Waals surface area contributed by atoms with Gasteiger partial charge in [0.1, 0.15) is 10.1 Å². The van der Waals surface area contributed by atoms with E-state index in [0.717, 1.165) is 23.8 Å². The molecule has 0 saturated carbocycles. The van der Waals surface area contributed by atoms with Crippen LogP contribution in [-0.4, -0.2) is 50.7 Å². The van der Waals surface area contributed by atoms with Crippen LogP contribution in [0.4, 0.5) is 11.4 Å². The summed E-state index contributed by atoms with van der Waals surface area (Å²) in [5.41, 5.74) is 0.916. The summed E-state index contributed by atoms with van der Waals surface area (Å²) in [6.45, 7) is 0.413. The predicted molar refractivity (Wildman–Crippen MR) is 140 cm³/mol. The number of hydrogen-bond acceptors (Lipinski definition) is 9. The van der Waals surface area contributed by atoms with Gasteiger partial charge in [0, 0.05) is 25.1 Å². The molecule has 1 aliphatic heterocycles. The van der Waals surface area contributed by atoms with Gasteiger partial charge in [-0.05, 0) is 42.7 Å². The Kier molecular flexibility index (Phi) is 9.14. The van der Waals surface area contributed by atoms with Crippen molar-refractivity contribution in [3.8, 4) is 5.75 Å². The SMILES string of the molecule is COC(=O)c1ccc(C=C2SC(=S)N(CCCCCC(=O)Nc3cc([N+](=O)[O-])ccc3O)C2=O)cc1. The molecule has 0 spiro atoms. The van der Waals surface area contributed by atoms with Crippen LogP contribution in [0.25, 0.3) is 6.08 Å².